The standard InChI is InChI=1S/C27H30N2O4/c30-18-10-17-28-27(32)25(19-22-11-4-1-5-12-22)29(20-23-13-6-2-7-14-23)26(31)21-33-24-15-8-3-9-16-24/h1-9,11-16,25,30H,10,17-21H2,(H,28,32)/t25-/m0/s1. The van der Waals surface area contributed by atoms with Crippen molar-refractivity contribution >= 4 is 11.8 Å². The average Bonchev–Trinajstić information content (AvgIpc) is 2.86. The summed E-state index contributed by atoms with van der Waals surface area (Å²) in [6.07, 6.45) is 0.823. The summed E-state index contributed by atoms with van der Waals surface area (Å²) in [5.41, 5.74) is 1.88. The maximum absolute atomic E-state index is 13.4. The molecule has 0 aliphatic heterocycles. The number of aliphatic hydroxyl groups excluding tert-OH is 1. The number of benzene rings is 3. The Balaban J connectivity index is 1.85. The molecule has 3 aromatic carbocycles. The number of carbonyl (C=O) groups is 2. The molecule has 0 saturated heterocycles. The van der Waals surface area contributed by atoms with E-state index in [2.05, 4.69) is 5.32 Å². The zero-order valence-electron chi connectivity index (χ0n) is 18.6. The summed E-state index contributed by atoms with van der Waals surface area (Å²) in [6, 6.07) is 27.6. The molecule has 6 nitrogen and oxygen atoms in total. The topological polar surface area (TPSA) is 78.9 Å². The highest BCUT2D eigenvalue weighted by Crippen LogP contribution is 2.16. The minimum absolute atomic E-state index is 0.0127. The number of aliphatic hydroxyl groups is 1. The first-order valence-electron chi connectivity index (χ1n) is 11.1. The smallest absolute Gasteiger partial charge is 0.261 e. The molecule has 0 heterocycles. The van der Waals surface area contributed by atoms with Crippen LogP contribution in [-0.2, 0) is 22.6 Å². The van der Waals surface area contributed by atoms with E-state index in [0.717, 1.165) is 11.1 Å². The fourth-order valence-electron chi connectivity index (χ4n) is 3.49. The second kappa shape index (κ2) is 13.0. The quantitative estimate of drug-likeness (QED) is 0.419. The average molecular weight is 447 g/mol. The van der Waals surface area contributed by atoms with Crippen LogP contribution in [0.4, 0.5) is 0 Å². The molecule has 3 aromatic rings. The number of rotatable bonds is 12. The van der Waals surface area contributed by atoms with Gasteiger partial charge in [-0.2, -0.15) is 0 Å². The Morgan fingerprint density at radius 2 is 1.42 bits per heavy atom. The van der Waals surface area contributed by atoms with Gasteiger partial charge < -0.3 is 20.1 Å². The Bertz CT molecular complexity index is 981. The highest BCUT2D eigenvalue weighted by molar-refractivity contribution is 5.88. The number of nitrogens with one attached hydrogen (secondary N) is 1. The second-order valence-corrected chi connectivity index (χ2v) is 7.68. The summed E-state index contributed by atoms with van der Waals surface area (Å²) in [7, 11) is 0. The summed E-state index contributed by atoms with van der Waals surface area (Å²) in [4.78, 5) is 28.2. The summed E-state index contributed by atoms with van der Waals surface area (Å²) < 4.78 is 5.71. The third-order valence-corrected chi connectivity index (χ3v) is 5.21. The zero-order chi connectivity index (χ0) is 23.3. The van der Waals surface area contributed by atoms with E-state index in [-0.39, 0.29) is 31.6 Å². The molecule has 0 bridgehead atoms. The lowest BCUT2D eigenvalue weighted by molar-refractivity contribution is -0.142. The molecule has 1 atom stereocenters. The van der Waals surface area contributed by atoms with Crippen LogP contribution in [0.25, 0.3) is 0 Å². The van der Waals surface area contributed by atoms with Gasteiger partial charge in [0.05, 0.1) is 0 Å². The molecule has 0 fully saturated rings. The molecule has 0 spiro atoms. The highest BCUT2D eigenvalue weighted by atomic mass is 16.5. The molecule has 0 radical (unpaired) electrons. The minimum Gasteiger partial charge on any atom is -0.484 e. The number of nitrogens with zero attached hydrogens (tertiary/aromatic N) is 1. The van der Waals surface area contributed by atoms with E-state index in [1.807, 2.05) is 78.9 Å². The normalized spacial score (nSPS) is 11.4. The maximum atomic E-state index is 13.4. The molecule has 2 N–H and O–H groups in total. The molecule has 0 aliphatic carbocycles. The van der Waals surface area contributed by atoms with Crippen LogP contribution in [0.5, 0.6) is 5.75 Å². The summed E-state index contributed by atoms with van der Waals surface area (Å²) in [5.74, 6) is 0.0646. The van der Waals surface area contributed by atoms with E-state index in [1.54, 1.807) is 17.0 Å². The van der Waals surface area contributed by atoms with Gasteiger partial charge in [-0.3, -0.25) is 9.59 Å². The molecule has 0 unspecified atom stereocenters. The Kier molecular flexibility index (Phi) is 9.48. The van der Waals surface area contributed by atoms with E-state index in [0.29, 0.717) is 25.1 Å². The second-order valence-electron chi connectivity index (χ2n) is 7.68. The number of hydrogen-bond donors (Lipinski definition) is 2. The van der Waals surface area contributed by atoms with E-state index in [1.165, 1.54) is 0 Å². The molecule has 0 aliphatic rings. The number of amides is 2. The molecule has 3 rings (SSSR count). The summed E-state index contributed by atoms with van der Waals surface area (Å²) in [6.45, 7) is 0.435. The van der Waals surface area contributed by atoms with Crippen molar-refractivity contribution in [2.45, 2.75) is 25.4 Å². The van der Waals surface area contributed by atoms with Crippen molar-refractivity contribution < 1.29 is 19.4 Å². The van der Waals surface area contributed by atoms with Crippen molar-refractivity contribution in [3.63, 3.8) is 0 Å². The van der Waals surface area contributed by atoms with Gasteiger partial charge >= 0.3 is 0 Å². The largest absolute Gasteiger partial charge is 0.484 e. The van der Waals surface area contributed by atoms with Gasteiger partial charge in [0.25, 0.3) is 5.91 Å². The number of hydrogen-bond acceptors (Lipinski definition) is 4. The Morgan fingerprint density at radius 1 is 0.848 bits per heavy atom. The molecule has 0 saturated carbocycles. The van der Waals surface area contributed by atoms with Crippen molar-refractivity contribution in [2.24, 2.45) is 0 Å². The predicted molar refractivity (Wildman–Crippen MR) is 128 cm³/mol. The van der Waals surface area contributed by atoms with Crippen molar-refractivity contribution in [3.8, 4) is 5.75 Å². The summed E-state index contributed by atoms with van der Waals surface area (Å²) >= 11 is 0. The molecular weight excluding hydrogens is 416 g/mol. The zero-order valence-corrected chi connectivity index (χ0v) is 18.6. The lowest BCUT2D eigenvalue weighted by Gasteiger charge is -2.31. The third-order valence-electron chi connectivity index (χ3n) is 5.21. The molecule has 6 heteroatoms. The van der Waals surface area contributed by atoms with Crippen LogP contribution in [0.2, 0.25) is 0 Å². The fraction of sp³-hybridized carbons (Fsp3) is 0.259. The molecule has 0 aromatic heterocycles. The first-order chi connectivity index (χ1) is 16.2. The fourth-order valence-corrected chi connectivity index (χ4v) is 3.49. The first-order valence-corrected chi connectivity index (χ1v) is 11.1. The minimum atomic E-state index is -0.724. The van der Waals surface area contributed by atoms with Crippen LogP contribution >= 0.6 is 0 Å². The molecular formula is C27H30N2O4. The highest BCUT2D eigenvalue weighted by Gasteiger charge is 2.30. The van der Waals surface area contributed by atoms with E-state index in [4.69, 9.17) is 9.84 Å². The number of para-hydroxylation sites is 1. The van der Waals surface area contributed by atoms with Crippen molar-refractivity contribution in [3.05, 3.63) is 102 Å². The third kappa shape index (κ3) is 7.77. The summed E-state index contributed by atoms with van der Waals surface area (Å²) in [5, 5.41) is 12.0. The Hall–Kier alpha value is -3.64. The van der Waals surface area contributed by atoms with E-state index >= 15 is 0 Å². The van der Waals surface area contributed by atoms with E-state index in [9.17, 15) is 9.59 Å². The van der Waals surface area contributed by atoms with Crippen LogP contribution < -0.4 is 10.1 Å². The number of ether oxygens (including phenoxy) is 1. The molecule has 33 heavy (non-hydrogen) atoms. The van der Waals surface area contributed by atoms with Crippen molar-refractivity contribution in [1.29, 1.82) is 0 Å². The van der Waals surface area contributed by atoms with Crippen LogP contribution in [0.3, 0.4) is 0 Å². The van der Waals surface area contributed by atoms with Gasteiger partial charge in [-0.25, -0.2) is 0 Å². The SMILES string of the molecule is O=C(NCCCO)[C@H](Cc1ccccc1)N(Cc1ccccc1)C(=O)COc1ccccc1. The molecule has 172 valence electrons. The monoisotopic (exact) mass is 446 g/mol. The van der Waals surface area contributed by atoms with Crippen LogP contribution in [-0.4, -0.2) is 47.6 Å². The van der Waals surface area contributed by atoms with Gasteiger partial charge in [-0.05, 0) is 29.7 Å². The first kappa shape index (κ1) is 24.0. The van der Waals surface area contributed by atoms with Crippen molar-refractivity contribution in [1.82, 2.24) is 10.2 Å². The van der Waals surface area contributed by atoms with Gasteiger partial charge in [-0.1, -0.05) is 78.9 Å². The Morgan fingerprint density at radius 3 is 2.03 bits per heavy atom. The predicted octanol–water partition coefficient (Wildman–Crippen LogP) is 3.20. The lowest BCUT2D eigenvalue weighted by Crippen LogP contribution is -2.51. The van der Waals surface area contributed by atoms with Gasteiger partial charge in [0.15, 0.2) is 6.61 Å². The molecule has 2 amide bonds. The van der Waals surface area contributed by atoms with Crippen LogP contribution in [0.1, 0.15) is 17.5 Å². The van der Waals surface area contributed by atoms with E-state index < -0.39 is 6.04 Å². The number of carbonyl (C=O) groups excluding carboxylic acids is 2. The Labute approximate surface area is 194 Å². The van der Waals surface area contributed by atoms with Crippen molar-refractivity contribution in [2.75, 3.05) is 19.8 Å². The van der Waals surface area contributed by atoms with Crippen LogP contribution in [0, 0.1) is 0 Å². The van der Waals surface area contributed by atoms with Gasteiger partial charge in [0.1, 0.15) is 11.8 Å². The van der Waals surface area contributed by atoms with Gasteiger partial charge in [0.2, 0.25) is 5.91 Å². The maximum Gasteiger partial charge on any atom is 0.261 e. The lowest BCUT2D eigenvalue weighted by atomic mass is 10.0. The van der Waals surface area contributed by atoms with Gasteiger partial charge in [-0.15, -0.1) is 0 Å². The van der Waals surface area contributed by atoms with Gasteiger partial charge in [0, 0.05) is 26.1 Å². The van der Waals surface area contributed by atoms with Crippen LogP contribution in [0.15, 0.2) is 91.0 Å².